The number of carboxylic acids is 1. The minimum absolute atomic E-state index is 0.0937. The number of benzene rings is 2. The molecule has 1 aromatic heterocycles. The molecule has 0 bridgehead atoms. The van der Waals surface area contributed by atoms with Gasteiger partial charge in [0.25, 0.3) is 0 Å². The van der Waals surface area contributed by atoms with E-state index in [1.807, 2.05) is 18.2 Å². The number of carboxylic acid groups (broad SMARTS) is 1. The molecule has 8 nitrogen and oxygen atoms in total. The number of carbonyl (C=O) groups is 1. The van der Waals surface area contributed by atoms with Gasteiger partial charge in [0.1, 0.15) is 5.75 Å². The number of ether oxygens (including phenoxy) is 3. The SMILES string of the molecule is C[C@@H](CSc1ncccn1)O[C@H]1CCO[C@H]([C@@H]2CC[C@H]2CN2CC3(CCCc4cc(Cl)ccc43)COc3ccc(C(=O)O)cc32)C1. The van der Waals surface area contributed by atoms with Crippen LogP contribution in [0.4, 0.5) is 5.69 Å². The van der Waals surface area contributed by atoms with Crippen LogP contribution in [0.1, 0.15) is 66.9 Å². The van der Waals surface area contributed by atoms with Gasteiger partial charge in [-0.2, -0.15) is 0 Å². The van der Waals surface area contributed by atoms with Gasteiger partial charge < -0.3 is 24.2 Å². The highest BCUT2D eigenvalue weighted by Gasteiger charge is 2.45. The summed E-state index contributed by atoms with van der Waals surface area (Å²) < 4.78 is 19.5. The summed E-state index contributed by atoms with van der Waals surface area (Å²) in [4.78, 5) is 23.1. The maximum atomic E-state index is 12.0. The van der Waals surface area contributed by atoms with Gasteiger partial charge >= 0.3 is 5.97 Å². The molecule has 7 rings (SSSR count). The number of hydrogen-bond donors (Lipinski definition) is 1. The Labute approximate surface area is 280 Å². The summed E-state index contributed by atoms with van der Waals surface area (Å²) in [6.07, 6.45) is 11.1. The Bertz CT molecular complexity index is 1550. The third kappa shape index (κ3) is 6.75. The van der Waals surface area contributed by atoms with E-state index < -0.39 is 5.97 Å². The van der Waals surface area contributed by atoms with Gasteiger partial charge in [-0.3, -0.25) is 0 Å². The molecule has 3 aromatic rings. The number of nitrogens with zero attached hydrogens (tertiary/aromatic N) is 3. The molecule has 46 heavy (non-hydrogen) atoms. The Kier molecular flexibility index (Phi) is 9.46. The van der Waals surface area contributed by atoms with E-state index in [1.165, 1.54) is 11.1 Å². The molecule has 1 spiro atoms. The summed E-state index contributed by atoms with van der Waals surface area (Å²) in [5.41, 5.74) is 3.57. The van der Waals surface area contributed by atoms with E-state index in [2.05, 4.69) is 33.9 Å². The molecule has 6 atom stereocenters. The van der Waals surface area contributed by atoms with Crippen LogP contribution in [0.25, 0.3) is 0 Å². The van der Waals surface area contributed by atoms with Crippen molar-refractivity contribution in [2.24, 2.45) is 11.8 Å². The number of thioether (sulfide) groups is 1. The van der Waals surface area contributed by atoms with Crippen LogP contribution in [0.15, 0.2) is 60.0 Å². The lowest BCUT2D eigenvalue weighted by atomic mass is 9.67. The molecule has 1 unspecified atom stereocenters. The van der Waals surface area contributed by atoms with Crippen LogP contribution < -0.4 is 9.64 Å². The predicted molar refractivity (Wildman–Crippen MR) is 179 cm³/mol. The molecule has 1 saturated carbocycles. The lowest BCUT2D eigenvalue weighted by Crippen LogP contribution is -2.51. The second-order valence-corrected chi connectivity index (χ2v) is 14.9. The molecule has 0 amide bonds. The summed E-state index contributed by atoms with van der Waals surface area (Å²) >= 11 is 8.05. The smallest absolute Gasteiger partial charge is 0.335 e. The second kappa shape index (κ2) is 13.7. The first kappa shape index (κ1) is 31.7. The first-order valence-electron chi connectivity index (χ1n) is 16.6. The van der Waals surface area contributed by atoms with Gasteiger partial charge in [-0.1, -0.05) is 29.4 Å². The van der Waals surface area contributed by atoms with Crippen molar-refractivity contribution >= 4 is 35.0 Å². The van der Waals surface area contributed by atoms with E-state index in [0.29, 0.717) is 25.0 Å². The highest BCUT2D eigenvalue weighted by molar-refractivity contribution is 7.99. The van der Waals surface area contributed by atoms with E-state index >= 15 is 0 Å². The summed E-state index contributed by atoms with van der Waals surface area (Å²) in [7, 11) is 0. The minimum atomic E-state index is -0.925. The van der Waals surface area contributed by atoms with Gasteiger partial charge in [-0.05, 0) is 105 Å². The summed E-state index contributed by atoms with van der Waals surface area (Å²) in [6.45, 7) is 5.01. The lowest BCUT2D eigenvalue weighted by molar-refractivity contribution is -0.126. The van der Waals surface area contributed by atoms with Crippen LogP contribution in [0.3, 0.4) is 0 Å². The van der Waals surface area contributed by atoms with Gasteiger partial charge in [-0.15, -0.1) is 0 Å². The largest absolute Gasteiger partial charge is 0.490 e. The van der Waals surface area contributed by atoms with E-state index in [1.54, 1.807) is 36.3 Å². The monoisotopic (exact) mass is 663 g/mol. The maximum Gasteiger partial charge on any atom is 0.335 e. The quantitative estimate of drug-likeness (QED) is 0.191. The van der Waals surface area contributed by atoms with Crippen molar-refractivity contribution in [3.63, 3.8) is 0 Å². The lowest BCUT2D eigenvalue weighted by Gasteiger charge is -2.48. The molecule has 10 heteroatoms. The molecular weight excluding hydrogens is 622 g/mol. The van der Waals surface area contributed by atoms with Crippen LogP contribution in [-0.4, -0.2) is 71.4 Å². The molecule has 2 aliphatic heterocycles. The average Bonchev–Trinajstić information content (AvgIpc) is 3.19. The summed E-state index contributed by atoms with van der Waals surface area (Å²) in [5, 5.41) is 11.4. The van der Waals surface area contributed by atoms with Crippen LogP contribution in [-0.2, 0) is 21.3 Å². The Morgan fingerprint density at radius 3 is 2.87 bits per heavy atom. The van der Waals surface area contributed by atoms with Crippen LogP contribution in [0.5, 0.6) is 5.75 Å². The zero-order valence-electron chi connectivity index (χ0n) is 26.3. The molecule has 3 heterocycles. The van der Waals surface area contributed by atoms with Crippen LogP contribution in [0.2, 0.25) is 5.02 Å². The van der Waals surface area contributed by atoms with E-state index in [4.69, 9.17) is 25.8 Å². The Morgan fingerprint density at radius 2 is 2.07 bits per heavy atom. The van der Waals surface area contributed by atoms with E-state index in [9.17, 15) is 9.90 Å². The van der Waals surface area contributed by atoms with Crippen LogP contribution in [0, 0.1) is 11.8 Å². The Morgan fingerprint density at radius 1 is 1.20 bits per heavy atom. The van der Waals surface area contributed by atoms with Crippen LogP contribution >= 0.6 is 23.4 Å². The van der Waals surface area contributed by atoms with Crippen molar-refractivity contribution in [3.8, 4) is 5.75 Å². The Hall–Kier alpha value is -2.85. The van der Waals surface area contributed by atoms with E-state index in [0.717, 1.165) is 85.4 Å². The van der Waals surface area contributed by atoms with Crippen molar-refractivity contribution in [3.05, 3.63) is 76.6 Å². The van der Waals surface area contributed by atoms with E-state index in [-0.39, 0.29) is 29.3 Å². The highest BCUT2D eigenvalue weighted by Crippen LogP contribution is 2.47. The predicted octanol–water partition coefficient (Wildman–Crippen LogP) is 7.07. The number of anilines is 1. The first-order valence-corrected chi connectivity index (χ1v) is 17.9. The molecule has 2 aromatic carbocycles. The molecule has 4 aliphatic rings. The maximum absolute atomic E-state index is 12.0. The van der Waals surface area contributed by atoms with Gasteiger partial charge in [0.2, 0.25) is 0 Å². The summed E-state index contributed by atoms with van der Waals surface area (Å²) in [6, 6.07) is 13.4. The fourth-order valence-electron chi connectivity index (χ4n) is 7.98. The summed E-state index contributed by atoms with van der Waals surface area (Å²) in [5.74, 6) is 1.53. The minimum Gasteiger partial charge on any atom is -0.490 e. The number of aryl methyl sites for hydroxylation is 1. The number of rotatable bonds is 9. The van der Waals surface area contributed by atoms with Gasteiger partial charge in [0.15, 0.2) is 5.16 Å². The fraction of sp³-hybridized carbons (Fsp3) is 0.528. The second-order valence-electron chi connectivity index (χ2n) is 13.4. The van der Waals surface area contributed by atoms with Crippen molar-refractivity contribution in [1.82, 2.24) is 9.97 Å². The molecule has 2 aliphatic carbocycles. The third-order valence-electron chi connectivity index (χ3n) is 10.4. The molecule has 1 saturated heterocycles. The number of aromatic carboxylic acids is 1. The average molecular weight is 664 g/mol. The zero-order chi connectivity index (χ0) is 31.7. The molecule has 0 radical (unpaired) electrons. The van der Waals surface area contributed by atoms with Gasteiger partial charge in [0, 0.05) is 54.7 Å². The first-order chi connectivity index (χ1) is 22.4. The third-order valence-corrected chi connectivity index (χ3v) is 11.7. The molecular formula is C36H42ClN3O5S. The normalized spacial score (nSPS) is 27.9. The van der Waals surface area contributed by atoms with Crippen molar-refractivity contribution < 1.29 is 24.1 Å². The van der Waals surface area contributed by atoms with Gasteiger partial charge in [-0.25, -0.2) is 14.8 Å². The van der Waals surface area contributed by atoms with Gasteiger partial charge in [0.05, 0.1) is 36.2 Å². The number of fused-ring (bicyclic) bond motifs is 3. The van der Waals surface area contributed by atoms with Crippen molar-refractivity contribution in [2.75, 3.05) is 37.0 Å². The molecule has 2 fully saturated rings. The van der Waals surface area contributed by atoms with Crippen molar-refractivity contribution in [2.45, 2.75) is 80.8 Å². The fourth-order valence-corrected chi connectivity index (χ4v) is 8.91. The number of aromatic nitrogens is 2. The number of hydrogen-bond acceptors (Lipinski definition) is 8. The molecule has 1 N–H and O–H groups in total. The molecule has 244 valence electrons. The standard InChI is InChI=1S/C36H42ClN3O5S/c1-23(20-46-35-38-13-3-14-39-35)45-28-11-15-43-33(18-28)29-8-5-26(29)19-40-21-36(12-2-4-24-16-27(37)7-9-30(24)36)22-44-32-10-6-25(34(41)42)17-31(32)40/h3,6-7,9-10,13-14,16-17,23,26,28-29,33H,2,4-5,8,11-12,15,18-22H2,1H3,(H,41,42)/t23-,26-,28-,29+,33-,36?/m0/s1. The zero-order valence-corrected chi connectivity index (χ0v) is 27.8. The Balaban J connectivity index is 1.07. The topological polar surface area (TPSA) is 94.0 Å². The highest BCUT2D eigenvalue weighted by atomic mass is 35.5. The number of halogens is 1. The van der Waals surface area contributed by atoms with Crippen molar-refractivity contribution in [1.29, 1.82) is 0 Å².